The molecule has 1 aliphatic heterocycles. The molecule has 1 amide bonds. The third-order valence-electron chi connectivity index (χ3n) is 5.47. The Bertz CT molecular complexity index is 835. The number of ether oxygens (including phenoxy) is 1. The van der Waals surface area contributed by atoms with Crippen molar-refractivity contribution in [2.24, 2.45) is 5.92 Å². The van der Waals surface area contributed by atoms with Crippen LogP contribution in [-0.2, 0) is 4.79 Å². The Balaban J connectivity index is 1.52. The molecule has 1 aromatic heterocycles. The van der Waals surface area contributed by atoms with E-state index in [4.69, 9.17) is 4.74 Å². The summed E-state index contributed by atoms with van der Waals surface area (Å²) in [6.07, 6.45) is 4.96. The van der Waals surface area contributed by atoms with Gasteiger partial charge < -0.3 is 14.7 Å². The second-order valence-electron chi connectivity index (χ2n) is 7.23. The van der Waals surface area contributed by atoms with Gasteiger partial charge in [-0.25, -0.2) is 4.98 Å². The Morgan fingerprint density at radius 3 is 2.56 bits per heavy atom. The van der Waals surface area contributed by atoms with Crippen molar-refractivity contribution in [3.05, 3.63) is 59.8 Å². The molecule has 1 saturated carbocycles. The van der Waals surface area contributed by atoms with Gasteiger partial charge in [-0.05, 0) is 30.9 Å². The molecule has 1 N–H and O–H groups in total. The molecule has 0 spiro atoms. The first-order valence-corrected chi connectivity index (χ1v) is 9.31. The summed E-state index contributed by atoms with van der Waals surface area (Å²) in [6.45, 7) is 0.593. The predicted molar refractivity (Wildman–Crippen MR) is 98.7 cm³/mol. The van der Waals surface area contributed by atoms with Crippen LogP contribution in [0.2, 0.25) is 0 Å². The van der Waals surface area contributed by atoms with E-state index in [0.717, 1.165) is 24.8 Å². The normalized spacial score (nSPS) is 22.3. The van der Waals surface area contributed by atoms with Gasteiger partial charge in [-0.15, -0.1) is 0 Å². The molecule has 2 aromatic rings. The third-order valence-corrected chi connectivity index (χ3v) is 5.47. The Labute approximate surface area is 157 Å². The quantitative estimate of drug-likeness (QED) is 0.880. The van der Waals surface area contributed by atoms with Crippen LogP contribution in [-0.4, -0.2) is 46.1 Å². The number of carboxylic acids is 1. The standard InChI is InChI=1S/C21H22N2O4/c24-20(15-9-10-22-19(11-15)27-16-7-4-8-16)23-12-17(18(13-23)21(25)26)14-5-2-1-3-6-14/h1-3,5-6,9-11,16-18H,4,7-8,12-13H2,(H,25,26)/t17-,18-/m1/s1. The first-order valence-electron chi connectivity index (χ1n) is 9.31. The zero-order valence-electron chi connectivity index (χ0n) is 15.0. The topological polar surface area (TPSA) is 79.7 Å². The molecule has 27 heavy (non-hydrogen) atoms. The van der Waals surface area contributed by atoms with Gasteiger partial charge in [0.1, 0.15) is 6.10 Å². The average Bonchev–Trinajstić information content (AvgIpc) is 3.11. The molecule has 6 heteroatoms. The smallest absolute Gasteiger partial charge is 0.308 e. The summed E-state index contributed by atoms with van der Waals surface area (Å²) >= 11 is 0. The highest BCUT2D eigenvalue weighted by Crippen LogP contribution is 2.34. The van der Waals surface area contributed by atoms with Crippen molar-refractivity contribution in [1.82, 2.24) is 9.88 Å². The van der Waals surface area contributed by atoms with Gasteiger partial charge >= 0.3 is 5.97 Å². The van der Waals surface area contributed by atoms with E-state index in [1.165, 1.54) is 0 Å². The van der Waals surface area contributed by atoms with E-state index in [9.17, 15) is 14.7 Å². The number of rotatable bonds is 5. The number of carboxylic acid groups (broad SMARTS) is 1. The Kier molecular flexibility index (Phi) is 4.79. The Hall–Kier alpha value is -2.89. The lowest BCUT2D eigenvalue weighted by Crippen LogP contribution is -2.30. The summed E-state index contributed by atoms with van der Waals surface area (Å²) in [4.78, 5) is 30.5. The van der Waals surface area contributed by atoms with Crippen LogP contribution in [0.4, 0.5) is 0 Å². The zero-order valence-corrected chi connectivity index (χ0v) is 15.0. The van der Waals surface area contributed by atoms with Gasteiger partial charge in [0.25, 0.3) is 5.91 Å². The van der Waals surface area contributed by atoms with E-state index in [1.807, 2.05) is 30.3 Å². The van der Waals surface area contributed by atoms with Gasteiger partial charge in [0.05, 0.1) is 5.92 Å². The molecule has 0 radical (unpaired) electrons. The van der Waals surface area contributed by atoms with Crippen LogP contribution in [0, 0.1) is 5.92 Å². The molecule has 140 valence electrons. The largest absolute Gasteiger partial charge is 0.481 e. The molecule has 6 nitrogen and oxygen atoms in total. The van der Waals surface area contributed by atoms with Crippen LogP contribution in [0.1, 0.15) is 41.1 Å². The molecular weight excluding hydrogens is 344 g/mol. The summed E-state index contributed by atoms with van der Waals surface area (Å²) in [5, 5.41) is 9.62. The van der Waals surface area contributed by atoms with Gasteiger partial charge in [0, 0.05) is 36.8 Å². The number of nitrogens with zero attached hydrogens (tertiary/aromatic N) is 2. The molecule has 4 rings (SSSR count). The number of carbonyl (C=O) groups excluding carboxylic acids is 1. The predicted octanol–water partition coefficient (Wildman–Crippen LogP) is 2.95. The minimum atomic E-state index is -0.872. The number of hydrogen-bond donors (Lipinski definition) is 1. The van der Waals surface area contributed by atoms with Crippen LogP contribution >= 0.6 is 0 Å². The summed E-state index contributed by atoms with van der Waals surface area (Å²) in [5.41, 5.74) is 1.43. The molecule has 0 bridgehead atoms. The molecule has 1 aliphatic carbocycles. The fraction of sp³-hybridized carbons (Fsp3) is 0.381. The molecule has 0 unspecified atom stereocenters. The number of amides is 1. The van der Waals surface area contributed by atoms with Crippen LogP contribution < -0.4 is 4.74 Å². The summed E-state index contributed by atoms with van der Waals surface area (Å²) in [6, 6.07) is 12.8. The monoisotopic (exact) mass is 366 g/mol. The fourth-order valence-electron chi connectivity index (χ4n) is 3.71. The fourth-order valence-corrected chi connectivity index (χ4v) is 3.71. The molecule has 2 aliphatic rings. The number of carbonyl (C=O) groups is 2. The average molecular weight is 366 g/mol. The van der Waals surface area contributed by atoms with Gasteiger partial charge in [-0.3, -0.25) is 9.59 Å². The minimum absolute atomic E-state index is 0.180. The lowest BCUT2D eigenvalue weighted by molar-refractivity contribution is -0.141. The highest BCUT2D eigenvalue weighted by atomic mass is 16.5. The zero-order chi connectivity index (χ0) is 18.8. The third kappa shape index (κ3) is 3.65. The van der Waals surface area contributed by atoms with Gasteiger partial charge in [-0.1, -0.05) is 30.3 Å². The highest BCUT2D eigenvalue weighted by molar-refractivity contribution is 5.95. The van der Waals surface area contributed by atoms with Crippen LogP contribution in [0.5, 0.6) is 5.88 Å². The number of benzene rings is 1. The first kappa shape index (κ1) is 17.5. The molecule has 2 heterocycles. The van der Waals surface area contributed by atoms with E-state index >= 15 is 0 Å². The number of hydrogen-bond acceptors (Lipinski definition) is 4. The van der Waals surface area contributed by atoms with Crippen molar-refractivity contribution in [2.45, 2.75) is 31.3 Å². The summed E-state index contributed by atoms with van der Waals surface area (Å²) in [7, 11) is 0. The van der Waals surface area contributed by atoms with Crippen LogP contribution in [0.15, 0.2) is 48.7 Å². The molecule has 2 atom stereocenters. The second-order valence-corrected chi connectivity index (χ2v) is 7.23. The van der Waals surface area contributed by atoms with E-state index in [1.54, 1.807) is 23.2 Å². The van der Waals surface area contributed by atoms with E-state index in [2.05, 4.69) is 4.98 Å². The molecule has 1 saturated heterocycles. The highest BCUT2D eigenvalue weighted by Gasteiger charge is 2.40. The van der Waals surface area contributed by atoms with E-state index in [-0.39, 0.29) is 24.5 Å². The number of likely N-dealkylation sites (tertiary alicyclic amines) is 1. The SMILES string of the molecule is O=C(O)[C@@H]1CN(C(=O)c2ccnc(OC3CCC3)c2)C[C@@H]1c1ccccc1. The van der Waals surface area contributed by atoms with E-state index in [0.29, 0.717) is 18.0 Å². The van der Waals surface area contributed by atoms with Crippen molar-refractivity contribution in [1.29, 1.82) is 0 Å². The maximum atomic E-state index is 13.0. The maximum Gasteiger partial charge on any atom is 0.308 e. The Morgan fingerprint density at radius 2 is 1.89 bits per heavy atom. The maximum absolute atomic E-state index is 13.0. The second kappa shape index (κ2) is 7.39. The minimum Gasteiger partial charge on any atom is -0.481 e. The van der Waals surface area contributed by atoms with Gasteiger partial charge in [0.2, 0.25) is 5.88 Å². The van der Waals surface area contributed by atoms with Crippen molar-refractivity contribution in [3.8, 4) is 5.88 Å². The number of aromatic nitrogens is 1. The van der Waals surface area contributed by atoms with Crippen molar-refractivity contribution in [2.75, 3.05) is 13.1 Å². The number of pyridine rings is 1. The molecule has 2 fully saturated rings. The number of aliphatic carboxylic acids is 1. The molecule has 1 aromatic carbocycles. The van der Waals surface area contributed by atoms with Gasteiger partial charge in [-0.2, -0.15) is 0 Å². The lowest BCUT2D eigenvalue weighted by atomic mass is 9.89. The van der Waals surface area contributed by atoms with Crippen molar-refractivity contribution >= 4 is 11.9 Å². The summed E-state index contributed by atoms with van der Waals surface area (Å²) in [5.74, 6) is -1.41. The van der Waals surface area contributed by atoms with Crippen LogP contribution in [0.25, 0.3) is 0 Å². The van der Waals surface area contributed by atoms with Crippen LogP contribution in [0.3, 0.4) is 0 Å². The van der Waals surface area contributed by atoms with Crippen molar-refractivity contribution in [3.63, 3.8) is 0 Å². The first-order chi connectivity index (χ1) is 13.1. The van der Waals surface area contributed by atoms with Gasteiger partial charge in [0.15, 0.2) is 0 Å². The Morgan fingerprint density at radius 1 is 1.11 bits per heavy atom. The molecular formula is C21H22N2O4. The summed E-state index contributed by atoms with van der Waals surface area (Å²) < 4.78 is 5.78. The van der Waals surface area contributed by atoms with E-state index < -0.39 is 11.9 Å². The lowest BCUT2D eigenvalue weighted by Gasteiger charge is -2.25. The van der Waals surface area contributed by atoms with Crippen molar-refractivity contribution < 1.29 is 19.4 Å².